The third kappa shape index (κ3) is 7.20. The normalized spacial score (nSPS) is 17.6. The van der Waals surface area contributed by atoms with Crippen LogP contribution in [0.25, 0.3) is 0 Å². The zero-order valence-corrected chi connectivity index (χ0v) is 35.3. The standard InChI is InChI=1S/2C20H22F2N.2C5H5.Ti/c2*1-14-8-10-18(12-15(14)2)23(17-6-4-3-5-7-17)20-11-9-16(21)13-19(20)22;2*1-2-4-5-3-1;/h2*8-12,17H,3-7H2,1-2H3;2*1-3H,4H2;. The average molecular weight is 807 g/mol. The fraction of sp³-hybridized carbons (Fsp3) is 0.360. The van der Waals surface area contributed by atoms with Crippen LogP contribution < -0.4 is 17.5 Å². The van der Waals surface area contributed by atoms with Crippen molar-refractivity contribution in [3.8, 4) is 0 Å². The molecule has 4 aromatic carbocycles. The van der Waals surface area contributed by atoms with E-state index in [4.69, 9.17) is 0 Å². The SMILES string of the molecule is Cc1ccc(N(c2ccc(F)[c]([Ti]([C]3=CC=CC3)([C]3=CC=CC3)[c]3c(F)ccc(N(c4ccc(C)c(C)c4)C4CCCCC4)c3F)c2F)C2CCCCC2)cc1C. The fourth-order valence-electron chi connectivity index (χ4n) is 10.1. The Labute approximate surface area is 340 Å². The summed E-state index contributed by atoms with van der Waals surface area (Å²) in [7, 11) is 0. The third-order valence-corrected chi connectivity index (χ3v) is 21.3. The van der Waals surface area contributed by atoms with Crippen LogP contribution in [0, 0.1) is 51.0 Å². The van der Waals surface area contributed by atoms with Crippen LogP contribution in [0.4, 0.5) is 40.3 Å². The van der Waals surface area contributed by atoms with E-state index in [1.54, 1.807) is 12.1 Å². The van der Waals surface area contributed by atoms with Gasteiger partial charge < -0.3 is 0 Å². The molecule has 0 aromatic heterocycles. The van der Waals surface area contributed by atoms with Crippen LogP contribution in [0.3, 0.4) is 0 Å². The number of anilines is 4. The maximum absolute atomic E-state index is 18.5. The number of halogens is 4. The molecule has 8 rings (SSSR count). The molecule has 4 aliphatic rings. The van der Waals surface area contributed by atoms with Gasteiger partial charge in [-0.05, 0) is 0 Å². The summed E-state index contributed by atoms with van der Waals surface area (Å²) in [5.41, 5.74) is 6.66. The van der Waals surface area contributed by atoms with E-state index in [0.29, 0.717) is 12.8 Å². The number of aryl methyl sites for hydroxylation is 4. The molecule has 0 bridgehead atoms. The van der Waals surface area contributed by atoms with Gasteiger partial charge in [0, 0.05) is 0 Å². The van der Waals surface area contributed by atoms with Gasteiger partial charge >= 0.3 is 342 Å². The topological polar surface area (TPSA) is 6.48 Å². The van der Waals surface area contributed by atoms with E-state index in [0.717, 1.165) is 106 Å². The Morgan fingerprint density at radius 1 is 0.491 bits per heavy atom. The molecule has 0 spiro atoms. The molecule has 0 radical (unpaired) electrons. The van der Waals surface area contributed by atoms with Crippen molar-refractivity contribution < 1.29 is 34.2 Å². The van der Waals surface area contributed by atoms with Crippen LogP contribution in [0.2, 0.25) is 0 Å². The Hall–Kier alpha value is -4.13. The zero-order chi connectivity index (χ0) is 39.8. The first-order valence-corrected chi connectivity index (χ1v) is 24.2. The zero-order valence-electron chi connectivity index (χ0n) is 33.8. The summed E-state index contributed by atoms with van der Waals surface area (Å²) < 4.78 is 72.8. The number of hydrogen-bond donors (Lipinski definition) is 0. The molecule has 0 heterocycles. The molecule has 2 nitrogen and oxygen atoms in total. The van der Waals surface area contributed by atoms with Crippen molar-refractivity contribution in [1.29, 1.82) is 0 Å². The van der Waals surface area contributed by atoms with Gasteiger partial charge in [-0.2, -0.15) is 0 Å². The van der Waals surface area contributed by atoms with Crippen molar-refractivity contribution in [2.75, 3.05) is 9.80 Å². The molecule has 2 saturated carbocycles. The van der Waals surface area contributed by atoms with E-state index in [2.05, 4.69) is 61.8 Å². The number of rotatable bonds is 10. The second kappa shape index (κ2) is 16.6. The summed E-state index contributed by atoms with van der Waals surface area (Å²) in [6, 6.07) is 18.2. The molecule has 0 saturated heterocycles. The van der Waals surface area contributed by atoms with Crippen LogP contribution >= 0.6 is 0 Å². The summed E-state index contributed by atoms with van der Waals surface area (Å²) in [5, 5.41) is 0. The van der Waals surface area contributed by atoms with Crippen molar-refractivity contribution in [2.45, 2.75) is 117 Å². The molecule has 296 valence electrons. The molecule has 4 aromatic rings. The van der Waals surface area contributed by atoms with Gasteiger partial charge in [-0.1, -0.05) is 0 Å². The molecular weight excluding hydrogens is 752 g/mol. The maximum atomic E-state index is 18.5. The molecule has 2 fully saturated rings. The van der Waals surface area contributed by atoms with E-state index in [1.807, 2.05) is 48.6 Å². The third-order valence-electron chi connectivity index (χ3n) is 13.3. The van der Waals surface area contributed by atoms with Crippen LogP contribution in [0.15, 0.2) is 105 Å². The molecule has 0 atom stereocenters. The first-order valence-electron chi connectivity index (χ1n) is 21.0. The van der Waals surface area contributed by atoms with E-state index in [9.17, 15) is 0 Å². The summed E-state index contributed by atoms with van der Waals surface area (Å²) in [5.74, 6) is -2.91. The Balaban J connectivity index is 1.42. The molecular formula is C50H54F4N2Ti. The molecule has 0 N–H and O–H groups in total. The Morgan fingerprint density at radius 2 is 0.895 bits per heavy atom. The monoisotopic (exact) mass is 806 g/mol. The number of allylic oxidation sites excluding steroid dienone is 8. The predicted molar refractivity (Wildman–Crippen MR) is 226 cm³/mol. The van der Waals surface area contributed by atoms with E-state index < -0.39 is 39.9 Å². The Morgan fingerprint density at radius 3 is 1.25 bits per heavy atom. The molecule has 4 aliphatic carbocycles. The molecule has 0 unspecified atom stereocenters. The van der Waals surface area contributed by atoms with Gasteiger partial charge in [-0.3, -0.25) is 0 Å². The van der Waals surface area contributed by atoms with Gasteiger partial charge in [-0.25, -0.2) is 0 Å². The van der Waals surface area contributed by atoms with Crippen molar-refractivity contribution in [2.24, 2.45) is 0 Å². The summed E-state index contributed by atoms with van der Waals surface area (Å²) in [4.78, 5) is 4.13. The van der Waals surface area contributed by atoms with Crippen molar-refractivity contribution >= 4 is 30.5 Å². The molecule has 7 heteroatoms. The van der Waals surface area contributed by atoms with E-state index in [1.165, 1.54) is 12.1 Å². The van der Waals surface area contributed by atoms with Crippen LogP contribution in [0.1, 0.15) is 99.3 Å². The van der Waals surface area contributed by atoms with E-state index in [-0.39, 0.29) is 31.2 Å². The van der Waals surface area contributed by atoms with Crippen LogP contribution in [-0.2, 0) is 16.6 Å². The number of hydrogen-bond acceptors (Lipinski definition) is 2. The molecule has 0 amide bonds. The minimum atomic E-state index is -5.15. The summed E-state index contributed by atoms with van der Waals surface area (Å²) in [6.07, 6.45) is 22.0. The quantitative estimate of drug-likeness (QED) is 0.116. The van der Waals surface area contributed by atoms with Crippen molar-refractivity contribution in [3.63, 3.8) is 0 Å². The molecule has 57 heavy (non-hydrogen) atoms. The Bertz CT molecular complexity index is 2130. The second-order valence-electron chi connectivity index (χ2n) is 16.8. The Kier molecular flexibility index (Phi) is 11.6. The van der Waals surface area contributed by atoms with Gasteiger partial charge in [-0.15, -0.1) is 0 Å². The molecule has 0 aliphatic heterocycles. The summed E-state index contributed by atoms with van der Waals surface area (Å²) in [6.45, 7) is 8.22. The number of benzene rings is 4. The van der Waals surface area contributed by atoms with Crippen LogP contribution in [-0.4, -0.2) is 12.1 Å². The predicted octanol–water partition coefficient (Wildman–Crippen LogP) is 13.2. The fourth-order valence-corrected chi connectivity index (χ4v) is 18.3. The summed E-state index contributed by atoms with van der Waals surface area (Å²) >= 11 is -5.15. The van der Waals surface area contributed by atoms with Gasteiger partial charge in [0.15, 0.2) is 0 Å². The van der Waals surface area contributed by atoms with Crippen LogP contribution in [0.5, 0.6) is 0 Å². The average Bonchev–Trinajstić information content (AvgIpc) is 3.96. The second-order valence-corrected chi connectivity index (χ2v) is 22.7. The minimum absolute atomic E-state index is 0.00545. The first kappa shape index (κ1) is 39.7. The number of nitrogens with zero attached hydrogens (tertiary/aromatic N) is 2. The van der Waals surface area contributed by atoms with Gasteiger partial charge in [0.2, 0.25) is 0 Å². The van der Waals surface area contributed by atoms with Gasteiger partial charge in [0.1, 0.15) is 0 Å². The van der Waals surface area contributed by atoms with Gasteiger partial charge in [0.05, 0.1) is 0 Å². The van der Waals surface area contributed by atoms with Crippen molar-refractivity contribution in [1.82, 2.24) is 0 Å². The van der Waals surface area contributed by atoms with E-state index >= 15 is 17.6 Å². The van der Waals surface area contributed by atoms with Gasteiger partial charge in [0.25, 0.3) is 0 Å². The van der Waals surface area contributed by atoms with Crippen molar-refractivity contribution in [3.05, 3.63) is 150 Å². The first-order chi connectivity index (χ1) is 27.6.